The Balaban J connectivity index is 1.36. The summed E-state index contributed by atoms with van der Waals surface area (Å²) >= 11 is 0. The normalized spacial score (nSPS) is 29.6. The molecule has 3 N–H and O–H groups in total. The predicted octanol–water partition coefficient (Wildman–Crippen LogP) is 4.52. The van der Waals surface area contributed by atoms with Crippen molar-refractivity contribution in [1.29, 1.82) is 0 Å². The number of aryl methyl sites for hydroxylation is 1. The van der Waals surface area contributed by atoms with Crippen LogP contribution >= 0.6 is 0 Å². The molecule has 5 rings (SSSR count). The minimum atomic E-state index is -3.90. The molecule has 3 aliphatic rings. The summed E-state index contributed by atoms with van der Waals surface area (Å²) < 4.78 is 35.1. The third-order valence-electron chi connectivity index (χ3n) is 8.66. The van der Waals surface area contributed by atoms with E-state index in [1.807, 2.05) is 19.1 Å². The van der Waals surface area contributed by atoms with E-state index in [9.17, 15) is 18.3 Å². The molecule has 0 spiro atoms. The van der Waals surface area contributed by atoms with Crippen LogP contribution in [0.5, 0.6) is 11.5 Å². The van der Waals surface area contributed by atoms with E-state index in [1.54, 1.807) is 6.07 Å². The Morgan fingerprint density at radius 1 is 1.17 bits per heavy atom. The van der Waals surface area contributed by atoms with Gasteiger partial charge in [-0.1, -0.05) is 13.0 Å². The van der Waals surface area contributed by atoms with Gasteiger partial charge in [0.15, 0.2) is 11.5 Å². The van der Waals surface area contributed by atoms with E-state index < -0.39 is 16.0 Å². The molecule has 5 atom stereocenters. The van der Waals surface area contributed by atoms with Gasteiger partial charge in [-0.05, 0) is 105 Å². The number of carbonyl (C=O) groups excluding carboxylic acids is 1. The number of carbonyl (C=O) groups is 1. The molecule has 3 unspecified atom stereocenters. The molecule has 0 heterocycles. The average Bonchev–Trinajstić information content (AvgIpc) is 3.15. The highest BCUT2D eigenvalue weighted by molar-refractivity contribution is 7.89. The number of sulfonamides is 1. The standard InChI is InChI=1S/C27H33NO6S/c1-3-33-24-15-21-16(14-23(24)29)7-8-20-19(21)11-12-27(2)22(20)9-10-25(27)34-26(30)17-5-4-6-18(13-17)35(28,31)32/h4-6,13-15,19-20,22,25,29H,3,7-12H2,1-2H3,(H2,28,31,32)/t19?,20?,22?,25-,27-/m0/s1. The number of primary sulfonamides is 1. The number of phenolic OH excluding ortho intramolecular Hbond substituents is 1. The highest BCUT2D eigenvalue weighted by Gasteiger charge is 2.56. The number of rotatable bonds is 5. The van der Waals surface area contributed by atoms with Crippen LogP contribution < -0.4 is 9.88 Å². The van der Waals surface area contributed by atoms with Crippen molar-refractivity contribution in [2.45, 2.75) is 69.3 Å². The number of aromatic hydroxyl groups is 1. The second-order valence-electron chi connectivity index (χ2n) is 10.5. The maximum Gasteiger partial charge on any atom is 0.338 e. The number of hydrogen-bond acceptors (Lipinski definition) is 6. The van der Waals surface area contributed by atoms with Gasteiger partial charge < -0.3 is 14.6 Å². The second kappa shape index (κ2) is 8.82. The number of benzene rings is 2. The summed E-state index contributed by atoms with van der Waals surface area (Å²) in [6.07, 6.45) is 5.51. The van der Waals surface area contributed by atoms with Crippen LogP contribution in [0.4, 0.5) is 0 Å². The summed E-state index contributed by atoms with van der Waals surface area (Å²) in [5.74, 6) is 1.61. The zero-order chi connectivity index (χ0) is 25.0. The molecular weight excluding hydrogens is 466 g/mol. The zero-order valence-electron chi connectivity index (χ0n) is 20.2. The van der Waals surface area contributed by atoms with Crippen LogP contribution in [0.15, 0.2) is 41.3 Å². The van der Waals surface area contributed by atoms with E-state index in [4.69, 9.17) is 14.6 Å². The molecule has 0 aromatic heterocycles. The van der Waals surface area contributed by atoms with Crippen LogP contribution in [0.25, 0.3) is 0 Å². The van der Waals surface area contributed by atoms with Gasteiger partial charge in [0.1, 0.15) is 6.10 Å². The van der Waals surface area contributed by atoms with Gasteiger partial charge in [-0.2, -0.15) is 0 Å². The molecule has 2 saturated carbocycles. The summed E-state index contributed by atoms with van der Waals surface area (Å²) in [6.45, 7) is 4.67. The first kappa shape index (κ1) is 24.1. The highest BCUT2D eigenvalue weighted by Crippen LogP contribution is 2.62. The van der Waals surface area contributed by atoms with Crippen LogP contribution in [0.3, 0.4) is 0 Å². The van der Waals surface area contributed by atoms with Gasteiger partial charge in [-0.25, -0.2) is 18.4 Å². The third-order valence-corrected chi connectivity index (χ3v) is 9.58. The monoisotopic (exact) mass is 499 g/mol. The van der Waals surface area contributed by atoms with E-state index in [-0.39, 0.29) is 27.7 Å². The predicted molar refractivity (Wildman–Crippen MR) is 131 cm³/mol. The van der Waals surface area contributed by atoms with Crippen molar-refractivity contribution in [1.82, 2.24) is 0 Å². The van der Waals surface area contributed by atoms with Crippen molar-refractivity contribution in [2.75, 3.05) is 6.61 Å². The lowest BCUT2D eigenvalue weighted by molar-refractivity contribution is -0.0428. The number of nitrogens with two attached hydrogens (primary N) is 1. The smallest absolute Gasteiger partial charge is 0.338 e. The van der Waals surface area contributed by atoms with Gasteiger partial charge in [0, 0.05) is 5.41 Å². The van der Waals surface area contributed by atoms with Gasteiger partial charge in [0.05, 0.1) is 17.1 Å². The largest absolute Gasteiger partial charge is 0.504 e. The fraction of sp³-hybridized carbons (Fsp3) is 0.519. The minimum Gasteiger partial charge on any atom is -0.504 e. The number of hydrogen-bond donors (Lipinski definition) is 2. The SMILES string of the molecule is CCOc1cc2c(cc1O)CCC1C2CC[C@@]2(C)C1CC[C@@H]2OC(=O)c1cccc(S(N)(=O)=O)c1. The molecule has 2 aromatic carbocycles. The van der Waals surface area contributed by atoms with E-state index in [0.717, 1.165) is 38.5 Å². The number of phenols is 1. The fourth-order valence-corrected chi connectivity index (χ4v) is 7.56. The zero-order valence-corrected chi connectivity index (χ0v) is 21.0. The van der Waals surface area contributed by atoms with Gasteiger partial charge >= 0.3 is 5.97 Å². The van der Waals surface area contributed by atoms with Gasteiger partial charge in [0.2, 0.25) is 10.0 Å². The van der Waals surface area contributed by atoms with Gasteiger partial charge in [-0.3, -0.25) is 0 Å². The van der Waals surface area contributed by atoms with Crippen molar-refractivity contribution in [3.05, 3.63) is 53.1 Å². The Labute approximate surface area is 206 Å². The Morgan fingerprint density at radius 2 is 1.97 bits per heavy atom. The molecule has 3 aliphatic carbocycles. The molecule has 0 aliphatic heterocycles. The first-order valence-corrected chi connectivity index (χ1v) is 14.0. The van der Waals surface area contributed by atoms with E-state index in [2.05, 4.69) is 6.92 Å². The van der Waals surface area contributed by atoms with Crippen molar-refractivity contribution >= 4 is 16.0 Å². The van der Waals surface area contributed by atoms with Crippen LogP contribution in [-0.2, 0) is 21.2 Å². The minimum absolute atomic E-state index is 0.0960. The first-order valence-electron chi connectivity index (χ1n) is 12.4. The van der Waals surface area contributed by atoms with Crippen molar-refractivity contribution < 1.29 is 27.8 Å². The lowest BCUT2D eigenvalue weighted by Gasteiger charge is -2.50. The summed E-state index contributed by atoms with van der Waals surface area (Å²) in [5, 5.41) is 15.6. The molecule has 7 nitrogen and oxygen atoms in total. The molecule has 188 valence electrons. The lowest BCUT2D eigenvalue weighted by atomic mass is 9.55. The Kier molecular flexibility index (Phi) is 6.08. The molecule has 0 amide bonds. The summed E-state index contributed by atoms with van der Waals surface area (Å²) in [6, 6.07) is 9.64. The van der Waals surface area contributed by atoms with E-state index in [1.165, 1.54) is 29.3 Å². The van der Waals surface area contributed by atoms with Crippen LogP contribution in [-0.4, -0.2) is 32.2 Å². The molecule has 2 aromatic rings. The molecular formula is C27H33NO6S. The molecule has 2 fully saturated rings. The number of fused-ring (bicyclic) bond motifs is 5. The summed E-state index contributed by atoms with van der Waals surface area (Å²) in [5.41, 5.74) is 2.59. The molecule has 35 heavy (non-hydrogen) atoms. The molecule has 0 saturated heterocycles. The third kappa shape index (κ3) is 4.20. The second-order valence-corrected chi connectivity index (χ2v) is 12.0. The quantitative estimate of drug-likeness (QED) is 0.585. The van der Waals surface area contributed by atoms with E-state index >= 15 is 0 Å². The number of ether oxygens (including phenoxy) is 2. The molecule has 8 heteroatoms. The van der Waals surface area contributed by atoms with Crippen molar-refractivity contribution in [2.24, 2.45) is 22.4 Å². The lowest BCUT2D eigenvalue weighted by Crippen LogP contribution is -2.45. The Hall–Kier alpha value is -2.58. The summed E-state index contributed by atoms with van der Waals surface area (Å²) in [4.78, 5) is 12.9. The first-order chi connectivity index (χ1) is 16.6. The Morgan fingerprint density at radius 3 is 2.71 bits per heavy atom. The highest BCUT2D eigenvalue weighted by atomic mass is 32.2. The van der Waals surface area contributed by atoms with Gasteiger partial charge in [-0.15, -0.1) is 0 Å². The molecule has 0 bridgehead atoms. The average molecular weight is 500 g/mol. The van der Waals surface area contributed by atoms with E-state index in [0.29, 0.717) is 30.1 Å². The Bertz CT molecular complexity index is 1260. The van der Waals surface area contributed by atoms with Crippen molar-refractivity contribution in [3.63, 3.8) is 0 Å². The van der Waals surface area contributed by atoms with Crippen LogP contribution in [0, 0.1) is 17.3 Å². The fourth-order valence-electron chi connectivity index (χ4n) is 7.00. The number of esters is 1. The van der Waals surface area contributed by atoms with Crippen molar-refractivity contribution in [3.8, 4) is 11.5 Å². The van der Waals surface area contributed by atoms with Crippen LogP contribution in [0.2, 0.25) is 0 Å². The van der Waals surface area contributed by atoms with Gasteiger partial charge in [0.25, 0.3) is 0 Å². The molecule has 0 radical (unpaired) electrons. The summed E-state index contributed by atoms with van der Waals surface area (Å²) in [7, 11) is -3.90. The maximum absolute atomic E-state index is 13.0. The maximum atomic E-state index is 13.0. The topological polar surface area (TPSA) is 116 Å². The van der Waals surface area contributed by atoms with Crippen LogP contribution in [0.1, 0.15) is 73.4 Å².